The minimum atomic E-state index is -0.471. The van der Waals surface area contributed by atoms with Crippen molar-refractivity contribution in [3.63, 3.8) is 0 Å². The number of urea groups is 1. The van der Waals surface area contributed by atoms with Crippen molar-refractivity contribution >= 4 is 29.3 Å². The van der Waals surface area contributed by atoms with Crippen LogP contribution in [0.5, 0.6) is 0 Å². The van der Waals surface area contributed by atoms with E-state index in [0.29, 0.717) is 16.8 Å². The summed E-state index contributed by atoms with van der Waals surface area (Å²) in [6.07, 6.45) is 0.790. The fourth-order valence-electron chi connectivity index (χ4n) is 3.99. The van der Waals surface area contributed by atoms with Crippen LogP contribution in [0, 0.1) is 0 Å². The molecule has 33 heavy (non-hydrogen) atoms. The molecule has 1 heterocycles. The molecule has 0 fully saturated rings. The molecule has 1 aliphatic heterocycles. The van der Waals surface area contributed by atoms with Gasteiger partial charge in [0.2, 0.25) is 0 Å². The highest BCUT2D eigenvalue weighted by atomic mass is 16.5. The highest BCUT2D eigenvalue weighted by molar-refractivity contribution is 6.07. The van der Waals surface area contributed by atoms with Gasteiger partial charge in [0.1, 0.15) is 0 Å². The lowest BCUT2D eigenvalue weighted by Crippen LogP contribution is -2.35. The number of methoxy groups -OCH3 is 1. The number of rotatable bonds is 5. The molecule has 1 unspecified atom stereocenters. The molecule has 1 aliphatic rings. The number of fused-ring (bicyclic) bond motifs is 1. The van der Waals surface area contributed by atoms with Gasteiger partial charge < -0.3 is 20.3 Å². The van der Waals surface area contributed by atoms with Gasteiger partial charge in [-0.2, -0.15) is 0 Å². The molecule has 0 spiro atoms. The quantitative estimate of drug-likeness (QED) is 0.573. The van der Waals surface area contributed by atoms with E-state index in [2.05, 4.69) is 10.6 Å². The maximum atomic E-state index is 13.1. The van der Waals surface area contributed by atoms with Crippen LogP contribution in [0.15, 0.2) is 72.8 Å². The third-order valence-electron chi connectivity index (χ3n) is 5.60. The van der Waals surface area contributed by atoms with Crippen molar-refractivity contribution in [3.8, 4) is 0 Å². The molecule has 0 saturated heterocycles. The van der Waals surface area contributed by atoms with Gasteiger partial charge in [-0.25, -0.2) is 9.59 Å². The molecule has 0 aromatic heterocycles. The summed E-state index contributed by atoms with van der Waals surface area (Å²) >= 11 is 0. The molecule has 3 aromatic rings. The van der Waals surface area contributed by atoms with Crippen LogP contribution in [0.2, 0.25) is 0 Å². The number of nitrogens with zero attached hydrogens (tertiary/aromatic N) is 1. The highest BCUT2D eigenvalue weighted by Crippen LogP contribution is 2.34. The van der Waals surface area contributed by atoms with E-state index < -0.39 is 12.0 Å². The molecule has 7 nitrogen and oxygen atoms in total. The van der Waals surface area contributed by atoms with Gasteiger partial charge in [0.25, 0.3) is 5.91 Å². The van der Waals surface area contributed by atoms with Crippen molar-refractivity contribution in [1.82, 2.24) is 5.32 Å². The zero-order valence-electron chi connectivity index (χ0n) is 18.5. The SMILES string of the molecule is COC(=O)c1cccc(NC(=O)NCc2ccc3c(c2)N(C(=O)c2ccccc2)C(C)C3)c1. The first kappa shape index (κ1) is 22.1. The van der Waals surface area contributed by atoms with Crippen molar-refractivity contribution in [2.24, 2.45) is 0 Å². The average Bonchev–Trinajstić information content (AvgIpc) is 3.17. The number of amides is 3. The van der Waals surface area contributed by atoms with E-state index in [0.717, 1.165) is 23.2 Å². The molecule has 4 rings (SSSR count). The summed E-state index contributed by atoms with van der Waals surface area (Å²) in [7, 11) is 1.31. The number of anilines is 2. The average molecular weight is 444 g/mol. The largest absolute Gasteiger partial charge is 0.465 e. The Balaban J connectivity index is 1.43. The maximum absolute atomic E-state index is 13.1. The number of carbonyl (C=O) groups is 3. The van der Waals surface area contributed by atoms with Gasteiger partial charge in [0.15, 0.2) is 0 Å². The second kappa shape index (κ2) is 9.56. The van der Waals surface area contributed by atoms with Crippen molar-refractivity contribution in [2.45, 2.75) is 25.9 Å². The third-order valence-corrected chi connectivity index (χ3v) is 5.60. The lowest BCUT2D eigenvalue weighted by atomic mass is 10.1. The lowest BCUT2D eigenvalue weighted by Gasteiger charge is -2.23. The van der Waals surface area contributed by atoms with Crippen molar-refractivity contribution in [2.75, 3.05) is 17.3 Å². The second-order valence-electron chi connectivity index (χ2n) is 7.94. The van der Waals surface area contributed by atoms with Crippen molar-refractivity contribution < 1.29 is 19.1 Å². The van der Waals surface area contributed by atoms with Crippen LogP contribution in [-0.4, -0.2) is 31.1 Å². The molecular formula is C26H25N3O4. The molecule has 0 bridgehead atoms. The van der Waals surface area contributed by atoms with E-state index >= 15 is 0 Å². The van der Waals surface area contributed by atoms with Gasteiger partial charge in [-0.15, -0.1) is 0 Å². The molecule has 1 atom stereocenters. The Morgan fingerprint density at radius 3 is 2.48 bits per heavy atom. The number of carbonyl (C=O) groups excluding carboxylic acids is 3. The first-order valence-corrected chi connectivity index (χ1v) is 10.7. The molecule has 2 N–H and O–H groups in total. The van der Waals surface area contributed by atoms with Crippen LogP contribution in [0.25, 0.3) is 0 Å². The zero-order chi connectivity index (χ0) is 23.4. The first-order valence-electron chi connectivity index (χ1n) is 10.7. The zero-order valence-corrected chi connectivity index (χ0v) is 18.5. The second-order valence-corrected chi connectivity index (χ2v) is 7.94. The fourth-order valence-corrected chi connectivity index (χ4v) is 3.99. The molecule has 168 valence electrons. The Labute approximate surface area is 192 Å². The smallest absolute Gasteiger partial charge is 0.337 e. The van der Waals surface area contributed by atoms with Gasteiger partial charge in [-0.3, -0.25) is 4.79 Å². The molecule has 0 radical (unpaired) electrons. The minimum Gasteiger partial charge on any atom is -0.465 e. The number of hydrogen-bond acceptors (Lipinski definition) is 4. The normalized spacial score (nSPS) is 14.4. The standard InChI is InChI=1S/C26H25N3O4/c1-17-13-20-12-11-18(14-23(20)29(17)24(30)19-7-4-3-5-8-19)16-27-26(32)28-22-10-6-9-21(15-22)25(31)33-2/h3-12,14-15,17H,13,16H2,1-2H3,(H2,27,28,32). The summed E-state index contributed by atoms with van der Waals surface area (Å²) in [5, 5.41) is 5.54. The summed E-state index contributed by atoms with van der Waals surface area (Å²) in [4.78, 5) is 39.0. The lowest BCUT2D eigenvalue weighted by molar-refractivity contribution is 0.0600. The number of nitrogens with one attached hydrogen (secondary N) is 2. The Morgan fingerprint density at radius 2 is 1.73 bits per heavy atom. The Bertz CT molecular complexity index is 1190. The number of benzene rings is 3. The summed E-state index contributed by atoms with van der Waals surface area (Å²) in [6, 6.07) is 21.3. The Hall–Kier alpha value is -4.13. The van der Waals surface area contributed by atoms with Crippen LogP contribution in [0.1, 0.15) is 38.8 Å². The molecule has 3 aromatic carbocycles. The van der Waals surface area contributed by atoms with Crippen LogP contribution >= 0.6 is 0 Å². The maximum Gasteiger partial charge on any atom is 0.337 e. The number of esters is 1. The van der Waals surface area contributed by atoms with Gasteiger partial charge >= 0.3 is 12.0 Å². The van der Waals surface area contributed by atoms with Gasteiger partial charge in [-0.1, -0.05) is 36.4 Å². The molecule has 0 aliphatic carbocycles. The van der Waals surface area contributed by atoms with Gasteiger partial charge in [0.05, 0.1) is 12.7 Å². The monoisotopic (exact) mass is 443 g/mol. The minimum absolute atomic E-state index is 0.0322. The van der Waals surface area contributed by atoms with Crippen LogP contribution < -0.4 is 15.5 Å². The van der Waals surface area contributed by atoms with Crippen molar-refractivity contribution in [1.29, 1.82) is 0 Å². The van der Waals surface area contributed by atoms with E-state index in [9.17, 15) is 14.4 Å². The molecular weight excluding hydrogens is 418 g/mol. The van der Waals surface area contributed by atoms with E-state index in [1.165, 1.54) is 7.11 Å². The molecule has 7 heteroatoms. The van der Waals surface area contributed by atoms with E-state index in [-0.39, 0.29) is 18.5 Å². The summed E-state index contributed by atoms with van der Waals surface area (Å²) in [6.45, 7) is 2.33. The number of ether oxygens (including phenoxy) is 1. The Morgan fingerprint density at radius 1 is 0.970 bits per heavy atom. The summed E-state index contributed by atoms with van der Waals surface area (Å²) < 4.78 is 4.70. The molecule has 0 saturated carbocycles. The van der Waals surface area contributed by atoms with Gasteiger partial charge in [-0.05, 0) is 60.9 Å². The van der Waals surface area contributed by atoms with E-state index in [4.69, 9.17) is 4.74 Å². The van der Waals surface area contributed by atoms with Crippen LogP contribution in [0.4, 0.5) is 16.2 Å². The van der Waals surface area contributed by atoms with Crippen LogP contribution in [-0.2, 0) is 17.7 Å². The molecule has 3 amide bonds. The van der Waals surface area contributed by atoms with Crippen LogP contribution in [0.3, 0.4) is 0 Å². The number of hydrogen-bond donors (Lipinski definition) is 2. The highest BCUT2D eigenvalue weighted by Gasteiger charge is 2.31. The predicted octanol–water partition coefficient (Wildman–Crippen LogP) is 4.39. The van der Waals surface area contributed by atoms with E-state index in [1.807, 2.05) is 60.4 Å². The fraction of sp³-hybridized carbons (Fsp3) is 0.192. The topological polar surface area (TPSA) is 87.7 Å². The van der Waals surface area contributed by atoms with Gasteiger partial charge in [0, 0.05) is 29.5 Å². The summed E-state index contributed by atoms with van der Waals surface area (Å²) in [5.74, 6) is -0.503. The predicted molar refractivity (Wildman–Crippen MR) is 126 cm³/mol. The van der Waals surface area contributed by atoms with Crippen molar-refractivity contribution in [3.05, 3.63) is 95.1 Å². The first-order chi connectivity index (χ1) is 16.0. The third kappa shape index (κ3) is 4.87. The Kier molecular flexibility index (Phi) is 6.40. The van der Waals surface area contributed by atoms with E-state index in [1.54, 1.807) is 24.3 Å². The summed E-state index contributed by atoms with van der Waals surface area (Å²) in [5.41, 5.74) is 4.35.